The summed E-state index contributed by atoms with van der Waals surface area (Å²) in [5, 5.41) is 14.2. The van der Waals surface area contributed by atoms with E-state index in [9.17, 15) is 5.11 Å². The molecule has 0 bridgehead atoms. The molecule has 2 saturated heterocycles. The summed E-state index contributed by atoms with van der Waals surface area (Å²) in [5.41, 5.74) is 0.292. The van der Waals surface area contributed by atoms with Crippen molar-refractivity contribution in [1.82, 2.24) is 15.1 Å². The summed E-state index contributed by atoms with van der Waals surface area (Å²) in [6.45, 7) is 9.17. The average Bonchev–Trinajstić information content (AvgIpc) is 3.33. The maximum atomic E-state index is 10.8. The highest BCUT2D eigenvalue weighted by Crippen LogP contribution is 2.32. The molecule has 3 unspecified atom stereocenters. The van der Waals surface area contributed by atoms with Gasteiger partial charge in [-0.3, -0.25) is 4.90 Å². The molecule has 1 aromatic carbocycles. The number of aliphatic imine (C=N–C) groups is 1. The van der Waals surface area contributed by atoms with E-state index >= 15 is 0 Å². The molecule has 2 fully saturated rings. The van der Waals surface area contributed by atoms with Gasteiger partial charge in [0.05, 0.1) is 12.8 Å². The Balaban J connectivity index is 1.42. The number of benzene rings is 1. The van der Waals surface area contributed by atoms with Gasteiger partial charge < -0.3 is 19.7 Å². The Kier molecular flexibility index (Phi) is 6.98. The molecule has 0 amide bonds. The molecule has 2 aliphatic rings. The fourth-order valence-corrected chi connectivity index (χ4v) is 5.03. The summed E-state index contributed by atoms with van der Waals surface area (Å²) in [6, 6.07) is 15.1. The lowest BCUT2D eigenvalue weighted by molar-refractivity contribution is 0.0349. The maximum Gasteiger partial charge on any atom is 0.194 e. The highest BCUT2D eigenvalue weighted by atomic mass is 16.4. The van der Waals surface area contributed by atoms with Gasteiger partial charge >= 0.3 is 0 Å². The van der Waals surface area contributed by atoms with Crippen LogP contribution >= 0.6 is 0 Å². The van der Waals surface area contributed by atoms with Crippen molar-refractivity contribution in [2.24, 2.45) is 10.9 Å². The topological polar surface area (TPSA) is 64.2 Å². The summed E-state index contributed by atoms with van der Waals surface area (Å²) < 4.78 is 5.41. The maximum absolute atomic E-state index is 10.8. The third-order valence-electron chi connectivity index (χ3n) is 6.63. The van der Waals surface area contributed by atoms with Crippen molar-refractivity contribution in [2.75, 3.05) is 32.7 Å². The molecule has 6 nitrogen and oxygen atoms in total. The smallest absolute Gasteiger partial charge is 0.194 e. The zero-order valence-electron chi connectivity index (χ0n) is 18.8. The van der Waals surface area contributed by atoms with E-state index in [1.54, 1.807) is 25.3 Å². The normalized spacial score (nSPS) is 24.5. The van der Waals surface area contributed by atoms with Gasteiger partial charge in [0.2, 0.25) is 0 Å². The van der Waals surface area contributed by atoms with Crippen molar-refractivity contribution in [1.29, 1.82) is 0 Å². The Morgan fingerprint density at radius 1 is 1.19 bits per heavy atom. The second-order valence-corrected chi connectivity index (χ2v) is 9.08. The van der Waals surface area contributed by atoms with Gasteiger partial charge in [0.15, 0.2) is 5.96 Å². The Labute approximate surface area is 186 Å². The lowest BCUT2D eigenvalue weighted by Gasteiger charge is -2.48. The lowest BCUT2D eigenvalue weighted by Crippen LogP contribution is -2.56. The molecule has 0 spiro atoms. The summed E-state index contributed by atoms with van der Waals surface area (Å²) in [6.07, 6.45) is 5.27. The van der Waals surface area contributed by atoms with Crippen LogP contribution in [-0.4, -0.2) is 59.6 Å². The number of aliphatic hydroxyl groups is 1. The third-order valence-corrected chi connectivity index (χ3v) is 6.63. The molecule has 2 N–H and O–H groups in total. The highest BCUT2D eigenvalue weighted by Gasteiger charge is 2.37. The molecule has 1 aromatic heterocycles. The van der Waals surface area contributed by atoms with Crippen LogP contribution in [0.15, 0.2) is 58.1 Å². The summed E-state index contributed by atoms with van der Waals surface area (Å²) in [4.78, 5) is 9.87. The Bertz CT molecular complexity index is 834. The molecule has 0 saturated carbocycles. The minimum absolute atomic E-state index is 0.271. The molecule has 0 aliphatic carbocycles. The standard InChI is InChI=1S/C25H36N4O2/c1-3-26-24(27-19-25(2,30)23-12-8-16-31-23)29-15-13-22-21(18-29)11-7-14-28(22)17-20-9-5-4-6-10-20/h4-6,8-10,12,16,21-22,30H,3,7,11,13-15,17-19H2,1-2H3,(H,26,27). The van der Waals surface area contributed by atoms with Gasteiger partial charge in [-0.25, -0.2) is 4.99 Å². The molecule has 2 aromatic rings. The molecular weight excluding hydrogens is 388 g/mol. The number of rotatable bonds is 6. The van der Waals surface area contributed by atoms with Crippen LogP contribution in [-0.2, 0) is 12.1 Å². The fourth-order valence-electron chi connectivity index (χ4n) is 5.03. The molecule has 3 atom stereocenters. The second kappa shape index (κ2) is 9.88. The zero-order valence-corrected chi connectivity index (χ0v) is 18.8. The summed E-state index contributed by atoms with van der Waals surface area (Å²) in [7, 11) is 0. The number of furan rings is 1. The SMILES string of the molecule is CCNC(=NCC(C)(O)c1ccco1)N1CCC2C(CCCN2Cc2ccccc2)C1. The Hall–Kier alpha value is -2.31. The largest absolute Gasteiger partial charge is 0.466 e. The average molecular weight is 425 g/mol. The molecule has 3 heterocycles. The van der Waals surface area contributed by atoms with Crippen molar-refractivity contribution in [2.45, 2.75) is 51.3 Å². The van der Waals surface area contributed by atoms with E-state index in [1.165, 1.54) is 24.9 Å². The van der Waals surface area contributed by atoms with Crippen molar-refractivity contribution in [3.05, 3.63) is 60.1 Å². The first kappa shape index (κ1) is 21.9. The summed E-state index contributed by atoms with van der Waals surface area (Å²) >= 11 is 0. The van der Waals surface area contributed by atoms with Crippen LogP contribution in [0.25, 0.3) is 0 Å². The van der Waals surface area contributed by atoms with E-state index in [1.807, 2.05) is 0 Å². The molecule has 168 valence electrons. The van der Waals surface area contributed by atoms with Crippen LogP contribution in [0.4, 0.5) is 0 Å². The molecule has 6 heteroatoms. The van der Waals surface area contributed by atoms with Crippen molar-refractivity contribution in [3.8, 4) is 0 Å². The minimum Gasteiger partial charge on any atom is -0.466 e. The van der Waals surface area contributed by atoms with Crippen LogP contribution in [0.5, 0.6) is 0 Å². The first-order chi connectivity index (χ1) is 15.1. The third kappa shape index (κ3) is 5.31. The Morgan fingerprint density at radius 2 is 2.03 bits per heavy atom. The predicted molar refractivity (Wildman–Crippen MR) is 124 cm³/mol. The monoisotopic (exact) mass is 424 g/mol. The molecule has 0 radical (unpaired) electrons. The predicted octanol–water partition coefficient (Wildman–Crippen LogP) is 3.44. The van der Waals surface area contributed by atoms with Crippen LogP contribution in [0.2, 0.25) is 0 Å². The van der Waals surface area contributed by atoms with Crippen LogP contribution in [0.3, 0.4) is 0 Å². The first-order valence-corrected chi connectivity index (χ1v) is 11.6. The number of hydrogen-bond donors (Lipinski definition) is 2. The quantitative estimate of drug-likeness (QED) is 0.549. The van der Waals surface area contributed by atoms with Gasteiger partial charge in [-0.05, 0) is 63.3 Å². The van der Waals surface area contributed by atoms with Crippen molar-refractivity contribution < 1.29 is 9.52 Å². The molecule has 2 aliphatic heterocycles. The van der Waals surface area contributed by atoms with Crippen molar-refractivity contribution in [3.63, 3.8) is 0 Å². The van der Waals surface area contributed by atoms with Crippen LogP contribution in [0, 0.1) is 5.92 Å². The van der Waals surface area contributed by atoms with Gasteiger partial charge in [-0.15, -0.1) is 0 Å². The number of guanidine groups is 1. The number of likely N-dealkylation sites (tertiary alicyclic amines) is 2. The van der Waals surface area contributed by atoms with E-state index in [0.29, 0.717) is 17.7 Å². The van der Waals surface area contributed by atoms with Gasteiger partial charge in [-0.2, -0.15) is 0 Å². The van der Waals surface area contributed by atoms with Crippen LogP contribution < -0.4 is 5.32 Å². The van der Waals surface area contributed by atoms with E-state index in [4.69, 9.17) is 9.41 Å². The minimum atomic E-state index is -1.11. The molecule has 4 rings (SSSR count). The van der Waals surface area contributed by atoms with Crippen molar-refractivity contribution >= 4 is 5.96 Å². The van der Waals surface area contributed by atoms with Gasteiger partial charge in [0.25, 0.3) is 0 Å². The van der Waals surface area contributed by atoms with E-state index < -0.39 is 5.60 Å². The molecular formula is C25H36N4O2. The zero-order chi connectivity index (χ0) is 21.7. The number of nitrogens with one attached hydrogen (secondary N) is 1. The molecule has 31 heavy (non-hydrogen) atoms. The second-order valence-electron chi connectivity index (χ2n) is 9.08. The van der Waals surface area contributed by atoms with Gasteiger partial charge in [0.1, 0.15) is 11.4 Å². The number of piperidine rings is 2. The van der Waals surface area contributed by atoms with E-state index in [2.05, 4.69) is 52.4 Å². The highest BCUT2D eigenvalue weighted by molar-refractivity contribution is 5.80. The number of fused-ring (bicyclic) bond motifs is 1. The van der Waals surface area contributed by atoms with Crippen LogP contribution in [0.1, 0.15) is 44.4 Å². The summed E-state index contributed by atoms with van der Waals surface area (Å²) in [5.74, 6) is 2.10. The van der Waals surface area contributed by atoms with E-state index in [0.717, 1.165) is 38.6 Å². The lowest BCUT2D eigenvalue weighted by atomic mass is 9.83. The van der Waals surface area contributed by atoms with Gasteiger partial charge in [-0.1, -0.05) is 30.3 Å². The fraction of sp³-hybridized carbons (Fsp3) is 0.560. The number of hydrogen-bond acceptors (Lipinski definition) is 4. The van der Waals surface area contributed by atoms with Gasteiger partial charge in [0, 0.05) is 32.2 Å². The first-order valence-electron chi connectivity index (χ1n) is 11.6. The number of nitrogens with zero attached hydrogens (tertiary/aromatic N) is 3. The van der Waals surface area contributed by atoms with E-state index in [-0.39, 0.29) is 6.54 Å². The Morgan fingerprint density at radius 3 is 2.77 bits per heavy atom.